The molecule has 1 fully saturated rings. The summed E-state index contributed by atoms with van der Waals surface area (Å²) in [5, 5.41) is 32.7. The Balaban J connectivity index is 1.75. The zero-order valence-corrected chi connectivity index (χ0v) is 13.9. The number of nitrogens with zero attached hydrogens (tertiary/aromatic N) is 4. The van der Waals surface area contributed by atoms with Gasteiger partial charge in [-0.2, -0.15) is 20.5 Å². The highest BCUT2D eigenvalue weighted by atomic mass is 16.3. The SMILES string of the molecule is [O-]C12CCCCC1C1(c3ccccc3)N=NC2(c2ccccc2)N=N1. The highest BCUT2D eigenvalue weighted by Gasteiger charge is 2.64. The summed E-state index contributed by atoms with van der Waals surface area (Å²) in [5.74, 6) is -0.230. The van der Waals surface area contributed by atoms with Crippen LogP contribution in [0.4, 0.5) is 0 Å². The summed E-state index contributed by atoms with van der Waals surface area (Å²) in [6.45, 7) is 0. The molecule has 3 aliphatic heterocycles. The first-order valence-corrected chi connectivity index (χ1v) is 8.91. The van der Waals surface area contributed by atoms with E-state index in [1.54, 1.807) is 0 Å². The molecule has 0 spiro atoms. The molecule has 3 heterocycles. The molecule has 126 valence electrons. The van der Waals surface area contributed by atoms with E-state index in [0.717, 1.165) is 30.4 Å². The molecule has 0 amide bonds. The molecule has 1 saturated carbocycles. The van der Waals surface area contributed by atoms with Gasteiger partial charge in [0.15, 0.2) is 0 Å². The second kappa shape index (κ2) is 5.05. The summed E-state index contributed by atoms with van der Waals surface area (Å²) in [5.41, 5.74) is -1.79. The third kappa shape index (κ3) is 1.76. The summed E-state index contributed by atoms with van der Waals surface area (Å²) in [6, 6.07) is 19.4. The molecule has 0 radical (unpaired) electrons. The Morgan fingerprint density at radius 1 is 0.760 bits per heavy atom. The van der Waals surface area contributed by atoms with Crippen molar-refractivity contribution in [1.82, 2.24) is 0 Å². The van der Waals surface area contributed by atoms with E-state index in [0.29, 0.717) is 6.42 Å². The zero-order valence-electron chi connectivity index (χ0n) is 13.9. The summed E-state index contributed by atoms with van der Waals surface area (Å²) in [6.07, 6.45) is 3.30. The largest absolute Gasteiger partial charge is 0.846 e. The van der Waals surface area contributed by atoms with Crippen molar-refractivity contribution in [3.63, 3.8) is 0 Å². The zero-order chi connectivity index (χ0) is 17.0. The topological polar surface area (TPSA) is 72.5 Å². The van der Waals surface area contributed by atoms with Crippen molar-refractivity contribution < 1.29 is 5.11 Å². The van der Waals surface area contributed by atoms with Crippen molar-refractivity contribution in [3.05, 3.63) is 71.8 Å². The molecule has 6 rings (SSSR count). The molecule has 2 aromatic rings. The molecule has 2 aromatic carbocycles. The lowest BCUT2D eigenvalue weighted by molar-refractivity contribution is -0.530. The standard InChI is InChI=1S/C20H19N4O/c25-18-14-8-7-13-17(18)19(15-9-3-1-4-10-15)21-23-20(18,24-22-19)16-11-5-2-6-12-16/h1-6,9-12,17H,7-8,13-14H2/q-1. The van der Waals surface area contributed by atoms with Crippen LogP contribution in [0, 0.1) is 5.92 Å². The van der Waals surface area contributed by atoms with Gasteiger partial charge in [0.2, 0.25) is 11.3 Å². The van der Waals surface area contributed by atoms with Crippen molar-refractivity contribution >= 4 is 0 Å². The Hall–Kier alpha value is -2.40. The number of rotatable bonds is 2. The van der Waals surface area contributed by atoms with Gasteiger partial charge in [0.25, 0.3) is 0 Å². The molecule has 5 nitrogen and oxygen atoms in total. The van der Waals surface area contributed by atoms with Gasteiger partial charge < -0.3 is 5.11 Å². The molecule has 5 heteroatoms. The van der Waals surface area contributed by atoms with Crippen LogP contribution in [-0.2, 0) is 11.3 Å². The summed E-state index contributed by atoms with van der Waals surface area (Å²) < 4.78 is 0. The van der Waals surface area contributed by atoms with E-state index in [4.69, 9.17) is 0 Å². The second-order valence-corrected chi connectivity index (χ2v) is 7.22. The van der Waals surface area contributed by atoms with Crippen LogP contribution in [0.25, 0.3) is 0 Å². The van der Waals surface area contributed by atoms with Crippen LogP contribution in [0.2, 0.25) is 0 Å². The maximum atomic E-state index is 14.3. The molecule has 0 aromatic heterocycles. The van der Waals surface area contributed by atoms with Gasteiger partial charge in [0.05, 0.1) is 0 Å². The molecular weight excluding hydrogens is 312 g/mol. The van der Waals surface area contributed by atoms with Crippen molar-refractivity contribution in [3.8, 4) is 0 Å². The molecule has 0 saturated heterocycles. The normalized spacial score (nSPS) is 38.5. The van der Waals surface area contributed by atoms with E-state index in [1.807, 2.05) is 60.7 Å². The molecule has 25 heavy (non-hydrogen) atoms. The van der Waals surface area contributed by atoms with Gasteiger partial charge in [-0.1, -0.05) is 85.5 Å². The third-order valence-corrected chi connectivity index (χ3v) is 6.00. The van der Waals surface area contributed by atoms with Crippen LogP contribution in [-0.4, -0.2) is 5.60 Å². The Kier molecular flexibility index (Phi) is 3.01. The van der Waals surface area contributed by atoms with Gasteiger partial charge >= 0.3 is 0 Å². The van der Waals surface area contributed by atoms with E-state index >= 15 is 0 Å². The Morgan fingerprint density at radius 2 is 1.36 bits per heavy atom. The quantitative estimate of drug-likeness (QED) is 0.822. The monoisotopic (exact) mass is 331 g/mol. The number of azo groups is 2. The summed E-state index contributed by atoms with van der Waals surface area (Å²) in [4.78, 5) is 0. The lowest BCUT2D eigenvalue weighted by Crippen LogP contribution is -2.72. The van der Waals surface area contributed by atoms with E-state index in [2.05, 4.69) is 20.5 Å². The average Bonchev–Trinajstić information content (AvgIpc) is 2.70. The molecule has 2 bridgehead atoms. The maximum absolute atomic E-state index is 14.3. The fraction of sp³-hybridized carbons (Fsp3) is 0.400. The smallest absolute Gasteiger partial charge is 0.218 e. The molecule has 0 N–H and O–H groups in total. The van der Waals surface area contributed by atoms with Crippen LogP contribution in [0.1, 0.15) is 36.8 Å². The minimum atomic E-state index is -1.31. The molecule has 1 aliphatic carbocycles. The van der Waals surface area contributed by atoms with Crippen molar-refractivity contribution in [2.75, 3.05) is 0 Å². The Labute approximate surface area is 146 Å². The Bertz CT molecular complexity index is 835. The fourth-order valence-corrected chi connectivity index (χ4v) is 4.76. The van der Waals surface area contributed by atoms with Crippen LogP contribution in [0.15, 0.2) is 81.1 Å². The van der Waals surface area contributed by atoms with Gasteiger partial charge in [-0.25, -0.2) is 0 Å². The highest BCUT2D eigenvalue weighted by molar-refractivity contribution is 5.37. The first-order chi connectivity index (χ1) is 12.2. The highest BCUT2D eigenvalue weighted by Crippen LogP contribution is 2.62. The average molecular weight is 331 g/mol. The van der Waals surface area contributed by atoms with E-state index < -0.39 is 16.9 Å². The van der Waals surface area contributed by atoms with Crippen molar-refractivity contribution in [2.45, 2.75) is 42.6 Å². The summed E-state index contributed by atoms with van der Waals surface area (Å²) >= 11 is 0. The van der Waals surface area contributed by atoms with Crippen LogP contribution in [0.3, 0.4) is 0 Å². The van der Waals surface area contributed by atoms with Gasteiger partial charge in [-0.05, 0) is 6.42 Å². The van der Waals surface area contributed by atoms with Crippen LogP contribution < -0.4 is 5.11 Å². The van der Waals surface area contributed by atoms with Gasteiger partial charge in [-0.15, -0.1) is 0 Å². The summed E-state index contributed by atoms with van der Waals surface area (Å²) in [7, 11) is 0. The lowest BCUT2D eigenvalue weighted by atomic mass is 9.59. The van der Waals surface area contributed by atoms with Crippen molar-refractivity contribution in [2.24, 2.45) is 26.4 Å². The van der Waals surface area contributed by atoms with Crippen molar-refractivity contribution in [1.29, 1.82) is 0 Å². The Morgan fingerprint density at radius 3 is 2.00 bits per heavy atom. The predicted molar refractivity (Wildman–Crippen MR) is 90.6 cm³/mol. The van der Waals surface area contributed by atoms with E-state index in [-0.39, 0.29) is 5.92 Å². The molecular formula is C20H19N4O-. The minimum absolute atomic E-state index is 0.230. The van der Waals surface area contributed by atoms with Gasteiger partial charge in [0, 0.05) is 17.0 Å². The second-order valence-electron chi connectivity index (χ2n) is 7.22. The molecule has 4 aliphatic rings. The van der Waals surface area contributed by atoms with E-state index in [9.17, 15) is 5.11 Å². The lowest BCUT2D eigenvalue weighted by Gasteiger charge is -2.64. The first-order valence-electron chi connectivity index (χ1n) is 8.91. The predicted octanol–water partition coefficient (Wildman–Crippen LogP) is 3.91. The van der Waals surface area contributed by atoms with E-state index in [1.165, 1.54) is 0 Å². The number of benzene rings is 2. The first kappa shape index (κ1) is 14.9. The molecule has 2 atom stereocenters. The number of hydrogen-bond acceptors (Lipinski definition) is 5. The maximum Gasteiger partial charge on any atom is 0.218 e. The fourth-order valence-electron chi connectivity index (χ4n) is 4.76. The van der Waals surface area contributed by atoms with Gasteiger partial charge in [-0.3, -0.25) is 0 Å². The third-order valence-electron chi connectivity index (χ3n) is 6.00. The molecule has 2 unspecified atom stereocenters. The minimum Gasteiger partial charge on any atom is -0.846 e. The number of hydrogen-bond donors (Lipinski definition) is 0. The van der Waals surface area contributed by atoms with Crippen LogP contribution in [0.5, 0.6) is 0 Å². The van der Waals surface area contributed by atoms with Gasteiger partial charge in [0.1, 0.15) is 0 Å². The van der Waals surface area contributed by atoms with Crippen LogP contribution >= 0.6 is 0 Å².